The predicted molar refractivity (Wildman–Crippen MR) is 89.6 cm³/mol. The molecule has 0 aliphatic heterocycles. The summed E-state index contributed by atoms with van der Waals surface area (Å²) in [4.78, 5) is 15.6. The molecule has 0 fully saturated rings. The van der Waals surface area contributed by atoms with Crippen LogP contribution in [0.3, 0.4) is 0 Å². The number of methoxy groups -OCH3 is 1. The van der Waals surface area contributed by atoms with Crippen LogP contribution in [0.25, 0.3) is 0 Å². The predicted octanol–water partition coefficient (Wildman–Crippen LogP) is 1.42. The quantitative estimate of drug-likeness (QED) is 0.595. The van der Waals surface area contributed by atoms with E-state index >= 15 is 0 Å². The van der Waals surface area contributed by atoms with Crippen molar-refractivity contribution in [2.24, 2.45) is 16.5 Å². The fourth-order valence-electron chi connectivity index (χ4n) is 2.56. The van der Waals surface area contributed by atoms with Gasteiger partial charge in [-0.1, -0.05) is 19.9 Å². The summed E-state index contributed by atoms with van der Waals surface area (Å²) in [5, 5.41) is 0. The number of aliphatic imine (C=N–C) groups is 1. The van der Waals surface area contributed by atoms with Crippen LogP contribution in [0.15, 0.2) is 22.0 Å². The van der Waals surface area contributed by atoms with Crippen LogP contribution in [-0.2, 0) is 9.84 Å². The van der Waals surface area contributed by atoms with Crippen molar-refractivity contribution in [3.63, 3.8) is 0 Å². The van der Waals surface area contributed by atoms with Gasteiger partial charge in [0.1, 0.15) is 4.90 Å². The lowest BCUT2D eigenvalue weighted by Crippen LogP contribution is -2.24. The number of carbonyl (C=O) groups excluding carboxylic acids is 1. The Morgan fingerprint density at radius 3 is 2.22 bits per heavy atom. The maximum Gasteiger partial charge on any atom is 0.283 e. The van der Waals surface area contributed by atoms with Gasteiger partial charge < -0.3 is 16.2 Å². The molecule has 0 saturated carbocycles. The van der Waals surface area contributed by atoms with E-state index < -0.39 is 21.7 Å². The third-order valence-electron chi connectivity index (χ3n) is 3.60. The molecule has 0 atom stereocenters. The van der Waals surface area contributed by atoms with E-state index in [1.54, 1.807) is 6.07 Å². The highest BCUT2D eigenvalue weighted by molar-refractivity contribution is 7.90. The Labute approximate surface area is 136 Å². The molecule has 1 rings (SSSR count). The molecule has 0 radical (unpaired) electrons. The van der Waals surface area contributed by atoms with Gasteiger partial charge in [-0.2, -0.15) is 4.99 Å². The minimum Gasteiger partial charge on any atom is -0.495 e. The number of nitrogens with zero attached hydrogens (tertiary/aromatic N) is 1. The number of hydrogen-bond acceptors (Lipinski definition) is 4. The molecule has 0 aliphatic rings. The SMILES string of the molecule is CCC(CC)c1ccc(C(=O)N=C(N)N)c(OC)c1S(C)(=O)=O. The molecule has 1 amide bonds. The van der Waals surface area contributed by atoms with Crippen molar-refractivity contribution >= 4 is 21.7 Å². The third-order valence-corrected chi connectivity index (χ3v) is 4.77. The summed E-state index contributed by atoms with van der Waals surface area (Å²) in [6, 6.07) is 3.13. The second-order valence-electron chi connectivity index (χ2n) is 5.19. The lowest BCUT2D eigenvalue weighted by atomic mass is 9.92. The topological polar surface area (TPSA) is 125 Å². The van der Waals surface area contributed by atoms with Crippen molar-refractivity contribution < 1.29 is 17.9 Å². The molecule has 7 nitrogen and oxygen atoms in total. The van der Waals surface area contributed by atoms with E-state index in [1.165, 1.54) is 13.2 Å². The summed E-state index contributed by atoms with van der Waals surface area (Å²) in [5.41, 5.74) is 11.1. The van der Waals surface area contributed by atoms with Crippen LogP contribution in [0.4, 0.5) is 0 Å². The fraction of sp³-hybridized carbons (Fsp3) is 0.467. The van der Waals surface area contributed by atoms with E-state index in [9.17, 15) is 13.2 Å². The molecule has 8 heteroatoms. The zero-order valence-corrected chi connectivity index (χ0v) is 14.6. The molecule has 4 N–H and O–H groups in total. The molecular weight excluding hydrogens is 318 g/mol. The summed E-state index contributed by atoms with van der Waals surface area (Å²) in [6.45, 7) is 3.95. The van der Waals surface area contributed by atoms with E-state index in [4.69, 9.17) is 16.2 Å². The van der Waals surface area contributed by atoms with E-state index in [-0.39, 0.29) is 22.1 Å². The van der Waals surface area contributed by atoms with E-state index in [1.807, 2.05) is 13.8 Å². The van der Waals surface area contributed by atoms with Crippen LogP contribution in [0.2, 0.25) is 0 Å². The lowest BCUT2D eigenvalue weighted by molar-refractivity contribution is 0.0999. The number of ether oxygens (including phenoxy) is 1. The van der Waals surface area contributed by atoms with Crippen molar-refractivity contribution in [2.75, 3.05) is 13.4 Å². The zero-order chi connectivity index (χ0) is 17.8. The van der Waals surface area contributed by atoms with Gasteiger partial charge in [-0.25, -0.2) is 8.42 Å². The minimum atomic E-state index is -3.61. The monoisotopic (exact) mass is 341 g/mol. The van der Waals surface area contributed by atoms with E-state index in [2.05, 4.69) is 4.99 Å². The minimum absolute atomic E-state index is 0.0102. The number of amides is 1. The number of rotatable bonds is 6. The zero-order valence-electron chi connectivity index (χ0n) is 13.8. The molecule has 0 unspecified atom stereocenters. The molecule has 0 aliphatic carbocycles. The lowest BCUT2D eigenvalue weighted by Gasteiger charge is -2.20. The average molecular weight is 341 g/mol. The van der Waals surface area contributed by atoms with Crippen LogP contribution < -0.4 is 16.2 Å². The standard InChI is InChI=1S/C15H23N3O4S/c1-5-9(6-2)10-7-8-11(14(19)18-15(16)17)12(22-3)13(10)23(4,20)21/h7-9H,5-6H2,1-4H3,(H4,16,17,18,19). The van der Waals surface area contributed by atoms with Crippen molar-refractivity contribution in [3.05, 3.63) is 23.3 Å². The normalized spacial score (nSPS) is 11.3. The molecule has 1 aromatic rings. The largest absolute Gasteiger partial charge is 0.495 e. The third kappa shape index (κ3) is 4.22. The van der Waals surface area contributed by atoms with Crippen LogP contribution in [-0.4, -0.2) is 33.7 Å². The highest BCUT2D eigenvalue weighted by atomic mass is 32.2. The van der Waals surface area contributed by atoms with Gasteiger partial charge in [-0.05, 0) is 30.4 Å². The van der Waals surface area contributed by atoms with E-state index in [0.29, 0.717) is 5.56 Å². The first-order valence-electron chi connectivity index (χ1n) is 7.22. The van der Waals surface area contributed by atoms with Gasteiger partial charge in [0.25, 0.3) is 5.91 Å². The highest BCUT2D eigenvalue weighted by Gasteiger charge is 2.27. The first kappa shape index (κ1) is 19.0. The Morgan fingerprint density at radius 2 is 1.83 bits per heavy atom. The smallest absolute Gasteiger partial charge is 0.283 e. The number of nitrogens with two attached hydrogens (primary N) is 2. The molecule has 23 heavy (non-hydrogen) atoms. The number of guanidine groups is 1. The molecule has 0 heterocycles. The Bertz CT molecular complexity index is 718. The van der Waals surface area contributed by atoms with Gasteiger partial charge in [0, 0.05) is 6.26 Å². The van der Waals surface area contributed by atoms with Crippen molar-refractivity contribution in [3.8, 4) is 5.75 Å². The molecule has 0 aromatic heterocycles. The number of hydrogen-bond donors (Lipinski definition) is 2. The Morgan fingerprint density at radius 1 is 1.26 bits per heavy atom. The first-order chi connectivity index (χ1) is 10.7. The highest BCUT2D eigenvalue weighted by Crippen LogP contribution is 2.38. The molecular formula is C15H23N3O4S. The average Bonchev–Trinajstić information content (AvgIpc) is 2.45. The fourth-order valence-corrected chi connectivity index (χ4v) is 3.75. The van der Waals surface area contributed by atoms with Crippen molar-refractivity contribution in [1.82, 2.24) is 0 Å². The summed E-state index contributed by atoms with van der Waals surface area (Å²) < 4.78 is 29.8. The summed E-state index contributed by atoms with van der Waals surface area (Å²) in [6.07, 6.45) is 2.62. The van der Waals surface area contributed by atoms with Crippen LogP contribution in [0.1, 0.15) is 48.5 Å². The van der Waals surface area contributed by atoms with Crippen molar-refractivity contribution in [2.45, 2.75) is 37.5 Å². The second-order valence-corrected chi connectivity index (χ2v) is 7.14. The van der Waals surface area contributed by atoms with Gasteiger partial charge in [0.2, 0.25) is 0 Å². The molecule has 0 spiro atoms. The van der Waals surface area contributed by atoms with Gasteiger partial charge in [-0.3, -0.25) is 4.79 Å². The van der Waals surface area contributed by atoms with Gasteiger partial charge in [0.05, 0.1) is 12.7 Å². The molecule has 0 bridgehead atoms. The first-order valence-corrected chi connectivity index (χ1v) is 9.11. The molecule has 128 valence electrons. The Hall–Kier alpha value is -2.09. The maximum absolute atomic E-state index is 12.3. The Balaban J connectivity index is 3.76. The number of benzene rings is 1. The van der Waals surface area contributed by atoms with Gasteiger partial charge >= 0.3 is 0 Å². The Kier molecular flexibility index (Phi) is 6.14. The maximum atomic E-state index is 12.3. The molecule has 0 saturated heterocycles. The summed E-state index contributed by atoms with van der Waals surface area (Å²) in [7, 11) is -2.30. The van der Waals surface area contributed by atoms with Crippen LogP contribution in [0.5, 0.6) is 5.75 Å². The molecule has 1 aromatic carbocycles. The van der Waals surface area contributed by atoms with Gasteiger partial charge in [-0.15, -0.1) is 0 Å². The van der Waals surface area contributed by atoms with Crippen LogP contribution in [0, 0.1) is 0 Å². The summed E-state index contributed by atoms with van der Waals surface area (Å²) >= 11 is 0. The number of sulfone groups is 1. The van der Waals surface area contributed by atoms with E-state index in [0.717, 1.165) is 19.1 Å². The van der Waals surface area contributed by atoms with Crippen LogP contribution >= 0.6 is 0 Å². The van der Waals surface area contributed by atoms with Gasteiger partial charge in [0.15, 0.2) is 21.5 Å². The summed E-state index contributed by atoms with van der Waals surface area (Å²) in [5.74, 6) is -1.13. The second kappa shape index (κ2) is 7.45. The van der Waals surface area contributed by atoms with Crippen molar-refractivity contribution in [1.29, 1.82) is 0 Å². The number of carbonyl (C=O) groups is 1.